The van der Waals surface area contributed by atoms with Crippen molar-refractivity contribution in [3.8, 4) is 0 Å². The lowest BCUT2D eigenvalue weighted by molar-refractivity contribution is 0.102. The van der Waals surface area contributed by atoms with Crippen LogP contribution in [-0.2, 0) is 0 Å². The van der Waals surface area contributed by atoms with E-state index in [0.29, 0.717) is 28.1 Å². The van der Waals surface area contributed by atoms with Gasteiger partial charge in [0.25, 0.3) is 5.91 Å². The lowest BCUT2D eigenvalue weighted by Gasteiger charge is -2.05. The van der Waals surface area contributed by atoms with E-state index in [1.165, 1.54) is 6.20 Å². The molecule has 1 aromatic carbocycles. The molecule has 0 atom stereocenters. The number of carbonyl (C=O) groups excluding carboxylic acids is 1. The van der Waals surface area contributed by atoms with Crippen molar-refractivity contribution in [2.24, 2.45) is 0 Å². The Morgan fingerprint density at radius 2 is 2.05 bits per heavy atom. The van der Waals surface area contributed by atoms with Gasteiger partial charge in [-0.2, -0.15) is 5.10 Å². The van der Waals surface area contributed by atoms with Crippen LogP contribution in [0.15, 0.2) is 30.5 Å². The van der Waals surface area contributed by atoms with Crippen LogP contribution in [0.1, 0.15) is 29.2 Å². The van der Waals surface area contributed by atoms with Gasteiger partial charge in [0.05, 0.1) is 12.2 Å². The number of nitrogens with two attached hydrogens (primary N) is 1. The second-order valence-electron chi connectivity index (χ2n) is 4.58. The average Bonchev–Trinajstić information content (AvgIpc) is 3.15. The summed E-state index contributed by atoms with van der Waals surface area (Å²) in [5.74, 6) is 0.167. The molecule has 1 saturated carbocycles. The molecule has 2 aromatic rings. The third kappa shape index (κ3) is 2.42. The SMILES string of the molecule is Nc1c(C(=O)Nc2ccc(Cl)cc2)cnn1C1CC1. The first-order valence-corrected chi connectivity index (χ1v) is 6.43. The van der Waals surface area contributed by atoms with Crippen molar-refractivity contribution >= 4 is 29.0 Å². The van der Waals surface area contributed by atoms with Crippen molar-refractivity contribution in [3.63, 3.8) is 0 Å². The highest BCUT2D eigenvalue weighted by molar-refractivity contribution is 6.30. The molecule has 0 saturated heterocycles. The fourth-order valence-corrected chi connectivity index (χ4v) is 2.01. The smallest absolute Gasteiger partial charge is 0.261 e. The molecule has 1 amide bonds. The summed E-state index contributed by atoms with van der Waals surface area (Å²) in [6, 6.07) is 7.27. The lowest BCUT2D eigenvalue weighted by atomic mass is 10.2. The molecule has 1 aliphatic carbocycles. The number of anilines is 2. The van der Waals surface area contributed by atoms with Crippen LogP contribution < -0.4 is 11.1 Å². The standard InChI is InChI=1S/C13H13ClN4O/c14-8-1-3-9(4-2-8)17-13(19)11-7-16-18(12(11)15)10-5-6-10/h1-4,7,10H,5-6,15H2,(H,17,19). The van der Waals surface area contributed by atoms with Crippen LogP contribution in [0.4, 0.5) is 11.5 Å². The lowest BCUT2D eigenvalue weighted by Crippen LogP contribution is -2.14. The van der Waals surface area contributed by atoms with E-state index >= 15 is 0 Å². The molecular formula is C13H13ClN4O. The minimum absolute atomic E-state index is 0.258. The quantitative estimate of drug-likeness (QED) is 0.905. The van der Waals surface area contributed by atoms with Gasteiger partial charge in [0.15, 0.2) is 0 Å². The third-order valence-corrected chi connectivity index (χ3v) is 3.33. The molecule has 6 heteroatoms. The highest BCUT2D eigenvalue weighted by atomic mass is 35.5. The summed E-state index contributed by atoms with van der Waals surface area (Å²) in [7, 11) is 0. The first-order valence-electron chi connectivity index (χ1n) is 6.05. The molecule has 0 radical (unpaired) electrons. The first kappa shape index (κ1) is 12.0. The van der Waals surface area contributed by atoms with Crippen molar-refractivity contribution in [2.45, 2.75) is 18.9 Å². The van der Waals surface area contributed by atoms with Gasteiger partial charge in [-0.25, -0.2) is 4.68 Å². The largest absolute Gasteiger partial charge is 0.383 e. The number of hydrogen-bond donors (Lipinski definition) is 2. The molecule has 0 bridgehead atoms. The summed E-state index contributed by atoms with van der Waals surface area (Å²) in [6.07, 6.45) is 3.66. The average molecular weight is 277 g/mol. The molecule has 0 unspecified atom stereocenters. The number of nitrogens with one attached hydrogen (secondary N) is 1. The molecule has 3 rings (SSSR count). The molecule has 98 valence electrons. The summed E-state index contributed by atoms with van der Waals surface area (Å²) in [5, 5.41) is 7.56. The zero-order chi connectivity index (χ0) is 13.4. The Balaban J connectivity index is 1.78. The van der Waals surface area contributed by atoms with Crippen molar-refractivity contribution in [1.82, 2.24) is 9.78 Å². The number of nitrogen functional groups attached to an aromatic ring is 1. The zero-order valence-corrected chi connectivity index (χ0v) is 10.9. The summed E-state index contributed by atoms with van der Waals surface area (Å²) >= 11 is 5.79. The van der Waals surface area contributed by atoms with Gasteiger partial charge in [0.1, 0.15) is 11.4 Å². The topological polar surface area (TPSA) is 72.9 Å². The fourth-order valence-electron chi connectivity index (χ4n) is 1.89. The second-order valence-corrected chi connectivity index (χ2v) is 5.02. The Kier molecular flexibility index (Phi) is 2.91. The number of carbonyl (C=O) groups is 1. The Morgan fingerprint density at radius 1 is 1.37 bits per heavy atom. The van der Waals surface area contributed by atoms with E-state index in [4.69, 9.17) is 17.3 Å². The number of aromatic nitrogens is 2. The van der Waals surface area contributed by atoms with Gasteiger partial charge < -0.3 is 11.1 Å². The predicted molar refractivity (Wildman–Crippen MR) is 74.3 cm³/mol. The van der Waals surface area contributed by atoms with Gasteiger partial charge in [-0.1, -0.05) is 11.6 Å². The minimum atomic E-state index is -0.258. The summed E-state index contributed by atoms with van der Waals surface area (Å²) in [6.45, 7) is 0. The molecular weight excluding hydrogens is 264 g/mol. The Hall–Kier alpha value is -2.01. The van der Waals surface area contributed by atoms with Crippen molar-refractivity contribution in [3.05, 3.63) is 41.0 Å². The highest BCUT2D eigenvalue weighted by Crippen LogP contribution is 2.36. The fraction of sp³-hybridized carbons (Fsp3) is 0.231. The summed E-state index contributed by atoms with van der Waals surface area (Å²) in [4.78, 5) is 12.1. The van der Waals surface area contributed by atoms with Crippen LogP contribution in [0, 0.1) is 0 Å². The van der Waals surface area contributed by atoms with E-state index in [1.807, 2.05) is 0 Å². The van der Waals surface area contributed by atoms with E-state index in [-0.39, 0.29) is 5.91 Å². The normalized spacial score (nSPS) is 14.4. The number of hydrogen-bond acceptors (Lipinski definition) is 3. The maximum atomic E-state index is 12.1. The van der Waals surface area contributed by atoms with Crippen LogP contribution in [-0.4, -0.2) is 15.7 Å². The van der Waals surface area contributed by atoms with Gasteiger partial charge in [-0.15, -0.1) is 0 Å². The van der Waals surface area contributed by atoms with Gasteiger partial charge in [-0.3, -0.25) is 4.79 Å². The van der Waals surface area contributed by atoms with Gasteiger partial charge >= 0.3 is 0 Å². The zero-order valence-electron chi connectivity index (χ0n) is 10.1. The van der Waals surface area contributed by atoms with Gasteiger partial charge in [0.2, 0.25) is 0 Å². The molecule has 5 nitrogen and oxygen atoms in total. The maximum absolute atomic E-state index is 12.1. The van der Waals surface area contributed by atoms with Crippen LogP contribution in [0.2, 0.25) is 5.02 Å². The minimum Gasteiger partial charge on any atom is -0.383 e. The summed E-state index contributed by atoms with van der Waals surface area (Å²) < 4.78 is 1.72. The molecule has 1 aromatic heterocycles. The highest BCUT2D eigenvalue weighted by Gasteiger charge is 2.28. The van der Waals surface area contributed by atoms with Crippen LogP contribution in [0.25, 0.3) is 0 Å². The van der Waals surface area contributed by atoms with E-state index < -0.39 is 0 Å². The molecule has 1 fully saturated rings. The number of halogens is 1. The molecule has 1 aliphatic rings. The van der Waals surface area contributed by atoms with Crippen LogP contribution in [0.3, 0.4) is 0 Å². The molecule has 1 heterocycles. The monoisotopic (exact) mass is 276 g/mol. The Labute approximate surface area is 115 Å². The van der Waals surface area contributed by atoms with E-state index in [0.717, 1.165) is 12.8 Å². The van der Waals surface area contributed by atoms with Crippen LogP contribution >= 0.6 is 11.6 Å². The van der Waals surface area contributed by atoms with Crippen LogP contribution in [0.5, 0.6) is 0 Å². The maximum Gasteiger partial charge on any atom is 0.261 e. The van der Waals surface area contributed by atoms with Gasteiger partial charge in [0, 0.05) is 10.7 Å². The number of rotatable bonds is 3. The van der Waals surface area contributed by atoms with Crippen molar-refractivity contribution in [1.29, 1.82) is 0 Å². The van der Waals surface area contributed by atoms with Crippen molar-refractivity contribution < 1.29 is 4.79 Å². The molecule has 19 heavy (non-hydrogen) atoms. The number of amides is 1. The first-order chi connectivity index (χ1) is 9.15. The number of nitrogens with zero attached hydrogens (tertiary/aromatic N) is 2. The summed E-state index contributed by atoms with van der Waals surface area (Å²) in [5.41, 5.74) is 7.02. The predicted octanol–water partition coefficient (Wildman–Crippen LogP) is 2.71. The molecule has 0 spiro atoms. The van der Waals surface area contributed by atoms with Crippen molar-refractivity contribution in [2.75, 3.05) is 11.1 Å². The third-order valence-electron chi connectivity index (χ3n) is 3.07. The Morgan fingerprint density at radius 3 is 2.68 bits per heavy atom. The van der Waals surface area contributed by atoms with E-state index in [2.05, 4.69) is 10.4 Å². The molecule has 0 aliphatic heterocycles. The van der Waals surface area contributed by atoms with E-state index in [9.17, 15) is 4.79 Å². The Bertz CT molecular complexity index is 616. The second kappa shape index (κ2) is 4.59. The molecule has 3 N–H and O–H groups in total. The van der Waals surface area contributed by atoms with Gasteiger partial charge in [-0.05, 0) is 37.1 Å². The van der Waals surface area contributed by atoms with E-state index in [1.54, 1.807) is 28.9 Å². The number of benzene rings is 1.